The van der Waals surface area contributed by atoms with Crippen molar-refractivity contribution in [2.24, 2.45) is 0 Å². The minimum atomic E-state index is -0.638. The van der Waals surface area contributed by atoms with E-state index in [1.807, 2.05) is 6.92 Å². The molecule has 0 bridgehead atoms. The first kappa shape index (κ1) is 16.9. The first-order valence-corrected chi connectivity index (χ1v) is 8.35. The van der Waals surface area contributed by atoms with Crippen LogP contribution in [0, 0.1) is 0 Å². The van der Waals surface area contributed by atoms with Crippen LogP contribution >= 0.6 is 0 Å². The van der Waals surface area contributed by atoms with Crippen molar-refractivity contribution in [2.45, 2.75) is 38.6 Å². The van der Waals surface area contributed by atoms with Crippen molar-refractivity contribution < 1.29 is 14.1 Å². The highest BCUT2D eigenvalue weighted by atomic mass is 16.5. The number of likely N-dealkylation sites (tertiary alicyclic amines) is 1. The summed E-state index contributed by atoms with van der Waals surface area (Å²) in [6.07, 6.45) is 2.71. The summed E-state index contributed by atoms with van der Waals surface area (Å²) in [5.74, 6) is -0.524. The van der Waals surface area contributed by atoms with Crippen molar-refractivity contribution in [1.29, 1.82) is 0 Å². The Balaban J connectivity index is 1.72. The number of rotatable bonds is 5. The predicted octanol–water partition coefficient (Wildman–Crippen LogP) is 1.76. The van der Waals surface area contributed by atoms with Gasteiger partial charge >= 0.3 is 5.76 Å². The molecule has 0 saturated carbocycles. The average Bonchev–Trinajstić information content (AvgIpc) is 3.24. The lowest BCUT2D eigenvalue weighted by molar-refractivity contribution is -0.136. The maximum atomic E-state index is 12.6. The van der Waals surface area contributed by atoms with Crippen LogP contribution in [0.5, 0.6) is 0 Å². The van der Waals surface area contributed by atoms with Gasteiger partial charge in [-0.15, -0.1) is 0 Å². The van der Waals surface area contributed by atoms with Crippen LogP contribution in [0.3, 0.4) is 0 Å². The van der Waals surface area contributed by atoms with E-state index < -0.39 is 11.8 Å². The van der Waals surface area contributed by atoms with E-state index in [0.29, 0.717) is 36.5 Å². The van der Waals surface area contributed by atoms with E-state index in [2.05, 4.69) is 20.0 Å². The number of benzene rings is 1. The van der Waals surface area contributed by atoms with Gasteiger partial charge in [0.05, 0.1) is 0 Å². The highest BCUT2D eigenvalue weighted by Crippen LogP contribution is 2.22. The van der Waals surface area contributed by atoms with E-state index in [-0.39, 0.29) is 11.8 Å². The summed E-state index contributed by atoms with van der Waals surface area (Å²) in [5.41, 5.74) is 1.19. The average molecular weight is 344 g/mol. The number of hydrogen-bond donors (Lipinski definition) is 2. The third kappa shape index (κ3) is 3.78. The summed E-state index contributed by atoms with van der Waals surface area (Å²) < 4.78 is 4.49. The summed E-state index contributed by atoms with van der Waals surface area (Å²) in [6, 6.07) is 6.49. The number of carbonyl (C=O) groups excluding carboxylic acids is 2. The molecule has 0 aliphatic carbocycles. The molecule has 1 saturated heterocycles. The van der Waals surface area contributed by atoms with Gasteiger partial charge in [-0.05, 0) is 31.4 Å². The van der Waals surface area contributed by atoms with Crippen LogP contribution in [0.15, 0.2) is 33.6 Å². The normalized spacial score (nSPS) is 16.8. The molecule has 1 unspecified atom stereocenters. The number of nitrogens with one attached hydrogen (secondary N) is 2. The molecule has 1 aliphatic heterocycles. The van der Waals surface area contributed by atoms with Crippen LogP contribution in [-0.2, 0) is 9.59 Å². The Labute approximate surface area is 144 Å². The molecule has 2 heterocycles. The number of H-pyrrole nitrogens is 1. The van der Waals surface area contributed by atoms with Crippen LogP contribution in [0.2, 0.25) is 0 Å². The van der Waals surface area contributed by atoms with Gasteiger partial charge in [0.1, 0.15) is 6.04 Å². The van der Waals surface area contributed by atoms with Crippen LogP contribution in [0.25, 0.3) is 11.4 Å². The summed E-state index contributed by atoms with van der Waals surface area (Å²) in [5, 5.41) is 6.48. The maximum Gasteiger partial charge on any atom is 0.439 e. The zero-order valence-electron chi connectivity index (χ0n) is 13.9. The van der Waals surface area contributed by atoms with Gasteiger partial charge in [-0.2, -0.15) is 0 Å². The van der Waals surface area contributed by atoms with Crippen molar-refractivity contribution in [1.82, 2.24) is 15.0 Å². The molecule has 0 spiro atoms. The molecule has 132 valence electrons. The third-order valence-corrected chi connectivity index (χ3v) is 4.18. The van der Waals surface area contributed by atoms with Gasteiger partial charge in [0.25, 0.3) is 0 Å². The standard InChI is InChI=1S/C17H20N4O4/c1-2-5-14(22)21-9-4-8-13(21)16(23)18-12-7-3-6-11(10-12)15-19-17(24)25-20-15/h3,6-7,10,13H,2,4-5,8-9H2,1H3,(H,18,23)(H,19,20,24). The fourth-order valence-electron chi connectivity index (χ4n) is 3.02. The molecule has 2 aromatic rings. The fourth-order valence-corrected chi connectivity index (χ4v) is 3.02. The number of aromatic amines is 1. The Bertz CT molecular complexity index is 826. The fraction of sp³-hybridized carbons (Fsp3) is 0.412. The number of carbonyl (C=O) groups is 2. The smallest absolute Gasteiger partial charge is 0.331 e. The summed E-state index contributed by atoms with van der Waals surface area (Å²) >= 11 is 0. The van der Waals surface area contributed by atoms with E-state index in [0.717, 1.165) is 12.8 Å². The Morgan fingerprint density at radius 2 is 2.28 bits per heavy atom. The van der Waals surface area contributed by atoms with Gasteiger partial charge in [0.15, 0.2) is 5.82 Å². The van der Waals surface area contributed by atoms with Crippen molar-refractivity contribution in [2.75, 3.05) is 11.9 Å². The first-order valence-electron chi connectivity index (χ1n) is 8.35. The van der Waals surface area contributed by atoms with Crippen molar-refractivity contribution in [3.8, 4) is 11.4 Å². The van der Waals surface area contributed by atoms with Crippen molar-refractivity contribution in [3.63, 3.8) is 0 Å². The topological polar surface area (TPSA) is 108 Å². The molecule has 3 rings (SSSR count). The minimum Gasteiger partial charge on any atom is -0.331 e. The largest absolute Gasteiger partial charge is 0.439 e. The number of nitrogens with zero attached hydrogens (tertiary/aromatic N) is 2. The molecule has 2 amide bonds. The lowest BCUT2D eigenvalue weighted by Crippen LogP contribution is -2.43. The highest BCUT2D eigenvalue weighted by molar-refractivity contribution is 5.97. The van der Waals surface area contributed by atoms with Crippen molar-refractivity contribution in [3.05, 3.63) is 34.8 Å². The number of hydrogen-bond acceptors (Lipinski definition) is 5. The Hall–Kier alpha value is -2.90. The van der Waals surface area contributed by atoms with Crippen LogP contribution in [-0.4, -0.2) is 39.4 Å². The molecule has 1 atom stereocenters. The van der Waals surface area contributed by atoms with Crippen LogP contribution < -0.4 is 11.1 Å². The lowest BCUT2D eigenvalue weighted by atomic mass is 10.1. The highest BCUT2D eigenvalue weighted by Gasteiger charge is 2.33. The quantitative estimate of drug-likeness (QED) is 0.859. The van der Waals surface area contributed by atoms with Crippen LogP contribution in [0.1, 0.15) is 32.6 Å². The Kier molecular flexibility index (Phi) is 4.97. The number of aromatic nitrogens is 2. The Morgan fingerprint density at radius 3 is 3.00 bits per heavy atom. The van der Waals surface area contributed by atoms with E-state index >= 15 is 0 Å². The molecule has 1 aromatic heterocycles. The van der Waals surface area contributed by atoms with Gasteiger partial charge < -0.3 is 10.2 Å². The number of anilines is 1. The first-order chi connectivity index (χ1) is 12.1. The summed E-state index contributed by atoms with van der Waals surface area (Å²) in [6.45, 7) is 2.57. The zero-order valence-corrected chi connectivity index (χ0v) is 13.9. The predicted molar refractivity (Wildman–Crippen MR) is 90.8 cm³/mol. The van der Waals surface area contributed by atoms with Gasteiger partial charge in [-0.25, -0.2) is 4.79 Å². The SMILES string of the molecule is CCCC(=O)N1CCCC1C(=O)Nc1cccc(-c2noc(=O)[nH]2)c1. The summed E-state index contributed by atoms with van der Waals surface area (Å²) in [4.78, 5) is 39.9. The zero-order chi connectivity index (χ0) is 17.8. The van der Waals surface area contributed by atoms with E-state index in [4.69, 9.17) is 0 Å². The molecule has 8 nitrogen and oxygen atoms in total. The van der Waals surface area contributed by atoms with Gasteiger partial charge in [0.2, 0.25) is 11.8 Å². The van der Waals surface area contributed by atoms with Gasteiger partial charge in [-0.1, -0.05) is 24.2 Å². The maximum absolute atomic E-state index is 12.6. The second kappa shape index (κ2) is 7.33. The minimum absolute atomic E-state index is 0.0223. The molecule has 1 aromatic carbocycles. The molecular formula is C17H20N4O4. The lowest BCUT2D eigenvalue weighted by Gasteiger charge is -2.24. The van der Waals surface area contributed by atoms with E-state index in [9.17, 15) is 14.4 Å². The monoisotopic (exact) mass is 344 g/mol. The Morgan fingerprint density at radius 1 is 1.44 bits per heavy atom. The van der Waals surface area contributed by atoms with Crippen LogP contribution in [0.4, 0.5) is 5.69 Å². The molecule has 8 heteroatoms. The molecule has 0 radical (unpaired) electrons. The number of amides is 2. The van der Waals surface area contributed by atoms with Gasteiger partial charge in [-0.3, -0.25) is 19.1 Å². The third-order valence-electron chi connectivity index (χ3n) is 4.18. The molecular weight excluding hydrogens is 324 g/mol. The molecule has 1 aliphatic rings. The second-order valence-electron chi connectivity index (χ2n) is 6.01. The van der Waals surface area contributed by atoms with Crippen molar-refractivity contribution >= 4 is 17.5 Å². The van der Waals surface area contributed by atoms with Gasteiger partial charge in [0, 0.05) is 24.2 Å². The molecule has 2 N–H and O–H groups in total. The van der Waals surface area contributed by atoms with E-state index in [1.165, 1.54) is 0 Å². The van der Waals surface area contributed by atoms with E-state index in [1.54, 1.807) is 29.2 Å². The summed E-state index contributed by atoms with van der Waals surface area (Å²) in [7, 11) is 0. The second-order valence-corrected chi connectivity index (χ2v) is 6.01. The molecule has 1 fully saturated rings. The molecule has 25 heavy (non-hydrogen) atoms.